The van der Waals surface area contributed by atoms with Crippen molar-refractivity contribution < 1.29 is 8.81 Å². The van der Waals surface area contributed by atoms with Crippen molar-refractivity contribution >= 4 is 16.7 Å². The molecule has 3 aromatic rings. The number of hydrogen-bond acceptors (Lipinski definition) is 6. The highest BCUT2D eigenvalue weighted by molar-refractivity contribution is 5.84. The third-order valence-corrected chi connectivity index (χ3v) is 4.12. The quantitative estimate of drug-likeness (QED) is 0.740. The smallest absolute Gasteiger partial charge is 0.347 e. The monoisotopic (exact) mass is 327 g/mol. The minimum Gasteiger partial charge on any atom is -0.405 e. The minimum atomic E-state index is -0.585. The van der Waals surface area contributed by atoms with Crippen molar-refractivity contribution in [2.45, 2.75) is 25.8 Å². The number of hydrogen-bond donors (Lipinski definition) is 1. The van der Waals surface area contributed by atoms with Crippen molar-refractivity contribution in [3.63, 3.8) is 0 Å². The van der Waals surface area contributed by atoms with Gasteiger partial charge in [-0.25, -0.2) is 19.2 Å². The maximum absolute atomic E-state index is 13.6. The summed E-state index contributed by atoms with van der Waals surface area (Å²) in [6.07, 6.45) is 6.51. The van der Waals surface area contributed by atoms with Gasteiger partial charge in [0, 0.05) is 24.4 Å². The third kappa shape index (κ3) is 2.36. The second kappa shape index (κ2) is 5.55. The van der Waals surface area contributed by atoms with Crippen LogP contribution in [0.4, 0.5) is 4.39 Å². The lowest BCUT2D eigenvalue weighted by Crippen LogP contribution is -2.28. The van der Waals surface area contributed by atoms with E-state index in [2.05, 4.69) is 20.5 Å². The van der Waals surface area contributed by atoms with Gasteiger partial charge in [-0.3, -0.25) is 9.99 Å². The summed E-state index contributed by atoms with van der Waals surface area (Å²) < 4.78 is 20.7. The average Bonchev–Trinajstić information content (AvgIpc) is 3.12. The minimum absolute atomic E-state index is 0.178. The van der Waals surface area contributed by atoms with Crippen molar-refractivity contribution in [1.82, 2.24) is 20.0 Å². The molecule has 4 rings (SSSR count). The number of nitrogens with zero attached hydrogens (tertiary/aromatic N) is 4. The van der Waals surface area contributed by atoms with Crippen molar-refractivity contribution in [1.29, 1.82) is 0 Å². The molecule has 24 heavy (non-hydrogen) atoms. The molecular weight excluding hydrogens is 313 g/mol. The zero-order chi connectivity index (χ0) is 16.7. The molecule has 1 atom stereocenters. The number of nitrogens with one attached hydrogen (secondary N) is 1. The molecule has 1 N–H and O–H groups in total. The summed E-state index contributed by atoms with van der Waals surface area (Å²) in [5, 5.41) is 4.48. The first-order valence-corrected chi connectivity index (χ1v) is 7.54. The van der Waals surface area contributed by atoms with E-state index >= 15 is 0 Å². The highest BCUT2D eigenvalue weighted by Gasteiger charge is 2.23. The highest BCUT2D eigenvalue weighted by Crippen LogP contribution is 2.23. The first-order valence-electron chi connectivity index (χ1n) is 7.54. The zero-order valence-corrected chi connectivity index (χ0v) is 12.9. The molecule has 0 spiro atoms. The maximum atomic E-state index is 13.6. The first kappa shape index (κ1) is 14.6. The fourth-order valence-electron chi connectivity index (χ4n) is 2.78. The van der Waals surface area contributed by atoms with E-state index in [1.807, 2.05) is 10.8 Å². The van der Waals surface area contributed by atoms with Gasteiger partial charge in [-0.2, -0.15) is 5.10 Å². The number of hydrazone groups is 1. The summed E-state index contributed by atoms with van der Waals surface area (Å²) in [7, 11) is 0. The SMILES string of the molecule is Cc1c(F)ccc2nc(C3CCC(n4ccnc4)=NN3)oc(=O)c12. The summed E-state index contributed by atoms with van der Waals surface area (Å²) in [4.78, 5) is 20.6. The lowest BCUT2D eigenvalue weighted by molar-refractivity contribution is 0.353. The Morgan fingerprint density at radius 2 is 2.29 bits per heavy atom. The molecule has 1 aliphatic heterocycles. The Balaban J connectivity index is 1.69. The first-order chi connectivity index (χ1) is 11.6. The molecule has 122 valence electrons. The Hall–Kier alpha value is -3.03. The fraction of sp³-hybridized carbons (Fsp3) is 0.250. The number of benzene rings is 1. The molecule has 0 aliphatic carbocycles. The second-order valence-electron chi connectivity index (χ2n) is 5.62. The zero-order valence-electron chi connectivity index (χ0n) is 12.9. The number of fused-ring (bicyclic) bond motifs is 1. The van der Waals surface area contributed by atoms with Gasteiger partial charge in [0.05, 0.1) is 10.9 Å². The Morgan fingerprint density at radius 3 is 3.00 bits per heavy atom. The molecule has 8 heteroatoms. The van der Waals surface area contributed by atoms with E-state index in [1.165, 1.54) is 19.1 Å². The van der Waals surface area contributed by atoms with Gasteiger partial charge in [-0.15, -0.1) is 0 Å². The molecule has 0 fully saturated rings. The number of rotatable bonds is 1. The fourth-order valence-corrected chi connectivity index (χ4v) is 2.78. The van der Waals surface area contributed by atoms with E-state index in [0.29, 0.717) is 18.4 Å². The van der Waals surface area contributed by atoms with Crippen molar-refractivity contribution in [3.05, 3.63) is 58.5 Å². The molecule has 1 aromatic carbocycles. The summed E-state index contributed by atoms with van der Waals surface area (Å²) in [6.45, 7) is 1.54. The third-order valence-electron chi connectivity index (χ3n) is 4.12. The van der Waals surface area contributed by atoms with Gasteiger partial charge in [0.2, 0.25) is 5.89 Å². The van der Waals surface area contributed by atoms with Gasteiger partial charge in [0.1, 0.15) is 24.0 Å². The van der Waals surface area contributed by atoms with E-state index in [9.17, 15) is 9.18 Å². The molecule has 0 bridgehead atoms. The normalized spacial score (nSPS) is 17.6. The topological polar surface area (TPSA) is 85.3 Å². The van der Waals surface area contributed by atoms with Crippen LogP contribution < -0.4 is 11.1 Å². The van der Waals surface area contributed by atoms with E-state index in [4.69, 9.17) is 4.42 Å². The van der Waals surface area contributed by atoms with Crippen LogP contribution in [0.25, 0.3) is 10.9 Å². The summed E-state index contributed by atoms with van der Waals surface area (Å²) in [6, 6.07) is 2.48. The van der Waals surface area contributed by atoms with Gasteiger partial charge in [0.25, 0.3) is 0 Å². The van der Waals surface area contributed by atoms with Crippen molar-refractivity contribution in [3.8, 4) is 0 Å². The van der Waals surface area contributed by atoms with Crippen LogP contribution in [0.3, 0.4) is 0 Å². The standard InChI is InChI=1S/C16H14FN5O2/c1-9-10(17)2-3-11-14(9)16(23)24-15(19-11)12-4-5-13(21-20-12)22-7-6-18-8-22/h2-3,6-8,12,20H,4-5H2,1H3. The van der Waals surface area contributed by atoms with Crippen LogP contribution in [0, 0.1) is 12.7 Å². The molecule has 2 aromatic heterocycles. The lowest BCUT2D eigenvalue weighted by Gasteiger charge is -2.21. The summed E-state index contributed by atoms with van der Waals surface area (Å²) in [5.41, 5.74) is 3.05. The van der Waals surface area contributed by atoms with Crippen LogP contribution in [0.2, 0.25) is 0 Å². The predicted octanol–water partition coefficient (Wildman–Crippen LogP) is 2.12. The van der Waals surface area contributed by atoms with Crippen LogP contribution in [0.15, 0.2) is 45.2 Å². The Morgan fingerprint density at radius 1 is 1.42 bits per heavy atom. The van der Waals surface area contributed by atoms with Crippen LogP contribution in [0.5, 0.6) is 0 Å². The number of aromatic nitrogens is 3. The van der Waals surface area contributed by atoms with Crippen LogP contribution in [0.1, 0.15) is 30.3 Å². The van der Waals surface area contributed by atoms with Crippen molar-refractivity contribution in [2.24, 2.45) is 5.10 Å². The Bertz CT molecular complexity index is 994. The molecule has 1 unspecified atom stereocenters. The van der Waals surface area contributed by atoms with Gasteiger partial charge < -0.3 is 4.42 Å². The highest BCUT2D eigenvalue weighted by atomic mass is 19.1. The van der Waals surface area contributed by atoms with E-state index in [1.54, 1.807) is 12.5 Å². The van der Waals surface area contributed by atoms with E-state index in [0.717, 1.165) is 5.84 Å². The number of aryl methyl sites for hydroxylation is 1. The van der Waals surface area contributed by atoms with Crippen LogP contribution in [-0.4, -0.2) is 20.4 Å². The number of halogens is 1. The molecule has 0 saturated heterocycles. The van der Waals surface area contributed by atoms with E-state index in [-0.39, 0.29) is 22.9 Å². The second-order valence-corrected chi connectivity index (χ2v) is 5.62. The predicted molar refractivity (Wildman–Crippen MR) is 85.1 cm³/mol. The molecular formula is C16H14FN5O2. The van der Waals surface area contributed by atoms with Gasteiger partial charge in [0.15, 0.2) is 0 Å². The molecule has 0 radical (unpaired) electrons. The molecule has 3 heterocycles. The largest absolute Gasteiger partial charge is 0.405 e. The van der Waals surface area contributed by atoms with Gasteiger partial charge in [-0.1, -0.05) is 0 Å². The van der Waals surface area contributed by atoms with Crippen LogP contribution in [-0.2, 0) is 0 Å². The summed E-state index contributed by atoms with van der Waals surface area (Å²) >= 11 is 0. The Kier molecular flexibility index (Phi) is 3.37. The van der Waals surface area contributed by atoms with E-state index < -0.39 is 11.4 Å². The van der Waals surface area contributed by atoms with Crippen molar-refractivity contribution in [2.75, 3.05) is 0 Å². The van der Waals surface area contributed by atoms with Crippen LogP contribution >= 0.6 is 0 Å². The average molecular weight is 327 g/mol. The van der Waals surface area contributed by atoms with Gasteiger partial charge >= 0.3 is 5.63 Å². The molecule has 0 saturated carbocycles. The Labute approximate surface area is 135 Å². The molecule has 0 amide bonds. The molecule has 7 nitrogen and oxygen atoms in total. The number of imidazole rings is 1. The molecule has 1 aliphatic rings. The van der Waals surface area contributed by atoms with Gasteiger partial charge in [-0.05, 0) is 25.5 Å². The summed E-state index contributed by atoms with van der Waals surface area (Å²) in [5.74, 6) is 0.631. The lowest BCUT2D eigenvalue weighted by atomic mass is 10.1. The maximum Gasteiger partial charge on any atom is 0.347 e.